The number of aromatic nitrogens is 1. The van der Waals surface area contributed by atoms with Gasteiger partial charge in [0.25, 0.3) is 0 Å². The maximum atomic E-state index is 12.0. The van der Waals surface area contributed by atoms with Gasteiger partial charge in [-0.1, -0.05) is 29.8 Å². The highest BCUT2D eigenvalue weighted by Gasteiger charge is 2.33. The molecule has 112 valence electrons. The van der Waals surface area contributed by atoms with Gasteiger partial charge in [0.05, 0.1) is 17.3 Å². The molecule has 0 atom stereocenters. The van der Waals surface area contributed by atoms with E-state index in [4.69, 9.17) is 16.3 Å². The molecule has 0 aliphatic rings. The highest BCUT2D eigenvalue weighted by Crippen LogP contribution is 2.28. The van der Waals surface area contributed by atoms with Gasteiger partial charge in [0.1, 0.15) is 5.41 Å². The minimum Gasteiger partial charge on any atom is -0.465 e. The third kappa shape index (κ3) is 3.63. The van der Waals surface area contributed by atoms with E-state index in [1.54, 1.807) is 6.92 Å². The van der Waals surface area contributed by atoms with Gasteiger partial charge < -0.3 is 4.74 Å². The summed E-state index contributed by atoms with van der Waals surface area (Å²) in [7, 11) is 0. The maximum Gasteiger partial charge on any atom is 0.317 e. The van der Waals surface area contributed by atoms with Crippen LogP contribution < -0.4 is 0 Å². The van der Waals surface area contributed by atoms with Crippen molar-refractivity contribution in [1.29, 1.82) is 0 Å². The van der Waals surface area contributed by atoms with Crippen LogP contribution in [0.25, 0.3) is 0 Å². The molecule has 0 saturated heterocycles. The third-order valence-electron chi connectivity index (χ3n) is 3.28. The second kappa shape index (κ2) is 6.58. The molecule has 2 aromatic rings. The second-order valence-electron chi connectivity index (χ2n) is 5.24. The fraction of sp³-hybridized carbons (Fsp3) is 0.375. The number of benzene rings is 1. The van der Waals surface area contributed by atoms with Crippen molar-refractivity contribution in [2.24, 2.45) is 0 Å². The molecule has 0 saturated carbocycles. The van der Waals surface area contributed by atoms with E-state index in [-0.39, 0.29) is 5.97 Å². The first-order valence-electron chi connectivity index (χ1n) is 6.80. The van der Waals surface area contributed by atoms with Gasteiger partial charge in [-0.25, -0.2) is 4.98 Å². The highest BCUT2D eigenvalue weighted by atomic mass is 35.5. The molecule has 0 unspecified atom stereocenters. The molecule has 0 spiro atoms. The van der Waals surface area contributed by atoms with Gasteiger partial charge in [-0.2, -0.15) is 0 Å². The van der Waals surface area contributed by atoms with Crippen molar-refractivity contribution in [2.45, 2.75) is 32.6 Å². The van der Waals surface area contributed by atoms with Crippen molar-refractivity contribution in [2.75, 3.05) is 6.61 Å². The van der Waals surface area contributed by atoms with Crippen LogP contribution in [0, 0.1) is 0 Å². The third-order valence-corrected chi connectivity index (χ3v) is 4.49. The Morgan fingerprint density at radius 3 is 2.76 bits per heavy atom. The van der Waals surface area contributed by atoms with Crippen LogP contribution in [0.2, 0.25) is 5.02 Å². The van der Waals surface area contributed by atoms with Crippen LogP contribution in [0.5, 0.6) is 0 Å². The molecule has 0 radical (unpaired) electrons. The molecule has 1 aromatic carbocycles. The molecule has 0 bridgehead atoms. The Balaban J connectivity index is 2.18. The van der Waals surface area contributed by atoms with E-state index in [0.717, 1.165) is 21.3 Å². The topological polar surface area (TPSA) is 39.2 Å². The number of rotatable bonds is 5. The zero-order valence-corrected chi connectivity index (χ0v) is 13.9. The smallest absolute Gasteiger partial charge is 0.317 e. The van der Waals surface area contributed by atoms with Crippen LogP contribution in [-0.4, -0.2) is 17.6 Å². The zero-order chi connectivity index (χ0) is 15.5. The monoisotopic (exact) mass is 323 g/mol. The van der Waals surface area contributed by atoms with Crippen LogP contribution >= 0.6 is 22.9 Å². The van der Waals surface area contributed by atoms with Crippen molar-refractivity contribution in [3.63, 3.8) is 0 Å². The first-order valence-corrected chi connectivity index (χ1v) is 8.06. The Labute approximate surface area is 133 Å². The maximum absolute atomic E-state index is 12.0. The fourth-order valence-corrected chi connectivity index (χ4v) is 3.09. The molecule has 0 fully saturated rings. The number of carbonyl (C=O) groups is 1. The molecule has 3 nitrogen and oxygen atoms in total. The van der Waals surface area contributed by atoms with Crippen molar-refractivity contribution in [1.82, 2.24) is 4.98 Å². The van der Waals surface area contributed by atoms with Gasteiger partial charge in [-0.3, -0.25) is 4.79 Å². The number of hydrogen-bond donors (Lipinski definition) is 0. The highest BCUT2D eigenvalue weighted by molar-refractivity contribution is 7.09. The number of hydrogen-bond acceptors (Lipinski definition) is 4. The van der Waals surface area contributed by atoms with Crippen LogP contribution in [0.1, 0.15) is 37.0 Å². The van der Waals surface area contributed by atoms with Crippen molar-refractivity contribution in [3.05, 3.63) is 50.9 Å². The van der Waals surface area contributed by atoms with Gasteiger partial charge in [-0.05, 0) is 32.4 Å². The van der Waals surface area contributed by atoms with Gasteiger partial charge in [0.15, 0.2) is 0 Å². The number of nitrogens with zero attached hydrogens (tertiary/aromatic N) is 1. The van der Waals surface area contributed by atoms with Crippen molar-refractivity contribution < 1.29 is 9.53 Å². The van der Waals surface area contributed by atoms with E-state index in [1.807, 2.05) is 43.5 Å². The molecule has 0 N–H and O–H groups in total. The first-order chi connectivity index (χ1) is 9.95. The summed E-state index contributed by atoms with van der Waals surface area (Å²) in [5, 5.41) is 3.60. The Morgan fingerprint density at radius 1 is 1.38 bits per heavy atom. The Hall–Kier alpha value is -1.39. The van der Waals surface area contributed by atoms with Crippen molar-refractivity contribution in [3.8, 4) is 0 Å². The summed E-state index contributed by atoms with van der Waals surface area (Å²) >= 11 is 7.70. The predicted molar refractivity (Wildman–Crippen MR) is 86.0 cm³/mol. The Kier molecular flexibility index (Phi) is 5.01. The molecule has 0 amide bonds. The van der Waals surface area contributed by atoms with Gasteiger partial charge in [0.2, 0.25) is 0 Å². The van der Waals surface area contributed by atoms with Gasteiger partial charge in [0, 0.05) is 16.8 Å². The predicted octanol–water partition coefficient (Wildman–Crippen LogP) is 4.23. The SMILES string of the molecule is CCOC(=O)C(C)(C)c1csc(Cc2ccccc2Cl)n1. The number of halogens is 1. The molecule has 21 heavy (non-hydrogen) atoms. The zero-order valence-electron chi connectivity index (χ0n) is 12.4. The van der Waals surface area contributed by atoms with Gasteiger partial charge >= 0.3 is 5.97 Å². The fourth-order valence-electron chi connectivity index (χ4n) is 1.90. The summed E-state index contributed by atoms with van der Waals surface area (Å²) in [6.07, 6.45) is 0.670. The second-order valence-corrected chi connectivity index (χ2v) is 6.59. The van der Waals surface area contributed by atoms with E-state index < -0.39 is 5.41 Å². The van der Waals surface area contributed by atoms with Gasteiger partial charge in [-0.15, -0.1) is 11.3 Å². The lowest BCUT2D eigenvalue weighted by Gasteiger charge is -2.19. The molecular formula is C16H18ClNO2S. The molecule has 2 rings (SSSR count). The Bertz CT molecular complexity index is 637. The molecular weight excluding hydrogens is 306 g/mol. The van der Waals surface area contributed by atoms with Crippen molar-refractivity contribution >= 4 is 28.9 Å². The van der Waals surface area contributed by atoms with Crippen LogP contribution in [0.3, 0.4) is 0 Å². The molecule has 0 aliphatic carbocycles. The normalized spacial score (nSPS) is 11.4. The minimum atomic E-state index is -0.731. The average Bonchev–Trinajstić information content (AvgIpc) is 2.91. The lowest BCUT2D eigenvalue weighted by molar-refractivity contribution is -0.148. The van der Waals surface area contributed by atoms with Crippen LogP contribution in [0.4, 0.5) is 0 Å². The summed E-state index contributed by atoms with van der Waals surface area (Å²) in [4.78, 5) is 16.6. The number of thiazole rings is 1. The molecule has 5 heteroatoms. The molecule has 0 aliphatic heterocycles. The standard InChI is InChI=1S/C16H18ClNO2S/c1-4-20-15(19)16(2,3)13-10-21-14(18-13)9-11-7-5-6-8-12(11)17/h5-8,10H,4,9H2,1-3H3. The summed E-state index contributed by atoms with van der Waals surface area (Å²) < 4.78 is 5.11. The summed E-state index contributed by atoms with van der Waals surface area (Å²) in [5.41, 5.74) is 1.05. The number of ether oxygens (including phenoxy) is 1. The molecule has 1 heterocycles. The van der Waals surface area contributed by atoms with Crippen LogP contribution in [0.15, 0.2) is 29.6 Å². The average molecular weight is 324 g/mol. The molecule has 1 aromatic heterocycles. The number of carbonyl (C=O) groups excluding carboxylic acids is 1. The van der Waals surface area contributed by atoms with E-state index >= 15 is 0 Å². The summed E-state index contributed by atoms with van der Waals surface area (Å²) in [6.45, 7) is 5.84. The van der Waals surface area contributed by atoms with E-state index in [9.17, 15) is 4.79 Å². The lowest BCUT2D eigenvalue weighted by Crippen LogP contribution is -2.31. The quantitative estimate of drug-likeness (QED) is 0.773. The summed E-state index contributed by atoms with van der Waals surface area (Å²) in [6, 6.07) is 7.72. The van der Waals surface area contributed by atoms with E-state index in [2.05, 4.69) is 4.98 Å². The summed E-state index contributed by atoms with van der Waals surface area (Å²) in [5.74, 6) is -0.250. The Morgan fingerprint density at radius 2 is 2.10 bits per heavy atom. The van der Waals surface area contributed by atoms with E-state index in [0.29, 0.717) is 13.0 Å². The largest absolute Gasteiger partial charge is 0.465 e. The first kappa shape index (κ1) is 16.0. The lowest BCUT2D eigenvalue weighted by atomic mass is 9.90. The van der Waals surface area contributed by atoms with Crippen LogP contribution in [-0.2, 0) is 21.4 Å². The minimum absolute atomic E-state index is 0.250. The van der Waals surface area contributed by atoms with E-state index in [1.165, 1.54) is 11.3 Å². The number of esters is 1.